The standard InChI is InChI=1S/C13H15N3O3/c17-12(14-8-9-4-3-7-15-16-9)10-5-1-2-6-11(10)13(18)19/h1-4,7,10-11H,5-6,8H2,(H,14,17)(H,18,19)/t10-,11+/m1/s1. The molecule has 0 saturated heterocycles. The maximum absolute atomic E-state index is 12.0. The van der Waals surface area contributed by atoms with Gasteiger partial charge in [-0.3, -0.25) is 9.59 Å². The lowest BCUT2D eigenvalue weighted by atomic mass is 9.82. The summed E-state index contributed by atoms with van der Waals surface area (Å²) in [5.41, 5.74) is 0.647. The van der Waals surface area contributed by atoms with Crippen LogP contribution in [0, 0.1) is 11.8 Å². The van der Waals surface area contributed by atoms with E-state index in [2.05, 4.69) is 15.5 Å². The first kappa shape index (κ1) is 13.2. The summed E-state index contributed by atoms with van der Waals surface area (Å²) in [4.78, 5) is 23.1. The number of hydrogen-bond acceptors (Lipinski definition) is 4. The van der Waals surface area contributed by atoms with Crippen molar-refractivity contribution >= 4 is 11.9 Å². The van der Waals surface area contributed by atoms with Crippen LogP contribution in [0.3, 0.4) is 0 Å². The SMILES string of the molecule is O=C(O)[C@H]1CC=CC[C@H]1C(=O)NCc1cccnn1. The Morgan fingerprint density at radius 1 is 1.32 bits per heavy atom. The van der Waals surface area contributed by atoms with E-state index in [1.54, 1.807) is 18.3 Å². The average molecular weight is 261 g/mol. The molecule has 6 heteroatoms. The van der Waals surface area contributed by atoms with Gasteiger partial charge in [-0.1, -0.05) is 12.2 Å². The van der Waals surface area contributed by atoms with Crippen molar-refractivity contribution in [1.82, 2.24) is 15.5 Å². The number of carbonyl (C=O) groups is 2. The highest BCUT2D eigenvalue weighted by Gasteiger charge is 2.33. The van der Waals surface area contributed by atoms with E-state index in [0.717, 1.165) is 0 Å². The molecule has 1 aromatic rings. The fraction of sp³-hybridized carbons (Fsp3) is 0.385. The summed E-state index contributed by atoms with van der Waals surface area (Å²) in [6, 6.07) is 3.49. The van der Waals surface area contributed by atoms with Crippen LogP contribution in [0.4, 0.5) is 0 Å². The fourth-order valence-corrected chi connectivity index (χ4v) is 2.11. The number of carbonyl (C=O) groups excluding carboxylic acids is 1. The van der Waals surface area contributed by atoms with Crippen molar-refractivity contribution in [2.24, 2.45) is 11.8 Å². The maximum Gasteiger partial charge on any atom is 0.307 e. The lowest BCUT2D eigenvalue weighted by Gasteiger charge is -2.24. The summed E-state index contributed by atoms with van der Waals surface area (Å²) in [6.45, 7) is 0.263. The summed E-state index contributed by atoms with van der Waals surface area (Å²) in [6.07, 6.45) is 6.08. The number of carboxylic acid groups (broad SMARTS) is 1. The van der Waals surface area contributed by atoms with Crippen LogP contribution < -0.4 is 5.32 Å². The first-order valence-corrected chi connectivity index (χ1v) is 6.10. The minimum absolute atomic E-state index is 0.248. The van der Waals surface area contributed by atoms with Crippen LogP contribution in [0.2, 0.25) is 0 Å². The predicted octanol–water partition coefficient (Wildman–Crippen LogP) is 0.760. The maximum atomic E-state index is 12.0. The molecule has 2 rings (SSSR count). The Kier molecular flexibility index (Phi) is 4.22. The topological polar surface area (TPSA) is 92.2 Å². The summed E-state index contributed by atoms with van der Waals surface area (Å²) in [5.74, 6) is -2.34. The normalized spacial score (nSPS) is 21.9. The summed E-state index contributed by atoms with van der Waals surface area (Å²) >= 11 is 0. The number of allylic oxidation sites excluding steroid dienone is 2. The van der Waals surface area contributed by atoms with Gasteiger partial charge in [-0.25, -0.2) is 0 Å². The van der Waals surface area contributed by atoms with E-state index in [1.165, 1.54) is 0 Å². The van der Waals surface area contributed by atoms with Crippen LogP contribution >= 0.6 is 0 Å². The van der Waals surface area contributed by atoms with Crippen molar-refractivity contribution in [3.8, 4) is 0 Å². The molecule has 1 aliphatic rings. The highest BCUT2D eigenvalue weighted by atomic mass is 16.4. The molecule has 0 bridgehead atoms. The molecular weight excluding hydrogens is 246 g/mol. The number of aromatic nitrogens is 2. The number of rotatable bonds is 4. The molecule has 100 valence electrons. The van der Waals surface area contributed by atoms with Gasteiger partial charge in [0, 0.05) is 6.20 Å². The number of nitrogens with one attached hydrogen (secondary N) is 1. The van der Waals surface area contributed by atoms with E-state index in [4.69, 9.17) is 5.11 Å². The van der Waals surface area contributed by atoms with Gasteiger partial charge < -0.3 is 10.4 Å². The number of carboxylic acids is 1. The molecule has 0 fully saturated rings. The lowest BCUT2D eigenvalue weighted by molar-refractivity contribution is -0.147. The Bertz CT molecular complexity index is 487. The Morgan fingerprint density at radius 3 is 2.68 bits per heavy atom. The first-order valence-electron chi connectivity index (χ1n) is 6.10. The molecular formula is C13H15N3O3. The highest BCUT2D eigenvalue weighted by Crippen LogP contribution is 2.26. The van der Waals surface area contributed by atoms with E-state index in [-0.39, 0.29) is 12.5 Å². The van der Waals surface area contributed by atoms with Crippen molar-refractivity contribution in [2.75, 3.05) is 0 Å². The third-order valence-electron chi connectivity index (χ3n) is 3.16. The predicted molar refractivity (Wildman–Crippen MR) is 66.9 cm³/mol. The summed E-state index contributed by atoms with van der Waals surface area (Å²) in [5, 5.41) is 19.4. The Balaban J connectivity index is 1.95. The van der Waals surface area contributed by atoms with Crippen molar-refractivity contribution in [3.63, 3.8) is 0 Å². The van der Waals surface area contributed by atoms with E-state index in [1.807, 2.05) is 12.2 Å². The third-order valence-corrected chi connectivity index (χ3v) is 3.16. The van der Waals surface area contributed by atoms with Crippen molar-refractivity contribution in [3.05, 3.63) is 36.2 Å². The molecule has 1 heterocycles. The Hall–Kier alpha value is -2.24. The quantitative estimate of drug-likeness (QED) is 0.781. The Morgan fingerprint density at radius 2 is 2.05 bits per heavy atom. The molecule has 0 aliphatic heterocycles. The number of aliphatic carboxylic acids is 1. The van der Waals surface area contributed by atoms with E-state index in [0.29, 0.717) is 18.5 Å². The monoisotopic (exact) mass is 261 g/mol. The molecule has 1 amide bonds. The van der Waals surface area contributed by atoms with Gasteiger partial charge in [0.05, 0.1) is 24.1 Å². The van der Waals surface area contributed by atoms with Crippen LogP contribution in [-0.2, 0) is 16.1 Å². The molecule has 2 atom stereocenters. The minimum atomic E-state index is -0.927. The summed E-state index contributed by atoms with van der Waals surface area (Å²) < 4.78 is 0. The molecule has 0 spiro atoms. The van der Waals surface area contributed by atoms with Gasteiger partial charge in [-0.2, -0.15) is 10.2 Å². The van der Waals surface area contributed by atoms with Gasteiger partial charge in [0.2, 0.25) is 5.91 Å². The molecule has 6 nitrogen and oxygen atoms in total. The van der Waals surface area contributed by atoms with Crippen LogP contribution in [0.1, 0.15) is 18.5 Å². The Labute approximate surface area is 110 Å². The smallest absolute Gasteiger partial charge is 0.307 e. The molecule has 1 aromatic heterocycles. The third kappa shape index (κ3) is 3.37. The summed E-state index contributed by atoms with van der Waals surface area (Å²) in [7, 11) is 0. The number of amides is 1. The molecule has 19 heavy (non-hydrogen) atoms. The zero-order valence-electron chi connectivity index (χ0n) is 10.3. The van der Waals surface area contributed by atoms with Crippen molar-refractivity contribution < 1.29 is 14.7 Å². The van der Waals surface area contributed by atoms with E-state index < -0.39 is 17.8 Å². The fourth-order valence-electron chi connectivity index (χ4n) is 2.11. The lowest BCUT2D eigenvalue weighted by Crippen LogP contribution is -2.38. The van der Waals surface area contributed by atoms with E-state index in [9.17, 15) is 9.59 Å². The second-order valence-corrected chi connectivity index (χ2v) is 4.43. The molecule has 0 radical (unpaired) electrons. The average Bonchev–Trinajstić information content (AvgIpc) is 2.46. The van der Waals surface area contributed by atoms with Crippen LogP contribution in [0.5, 0.6) is 0 Å². The second kappa shape index (κ2) is 6.08. The van der Waals surface area contributed by atoms with Gasteiger partial charge in [0.15, 0.2) is 0 Å². The molecule has 0 aromatic carbocycles. The van der Waals surface area contributed by atoms with Crippen molar-refractivity contribution in [1.29, 1.82) is 0 Å². The largest absolute Gasteiger partial charge is 0.481 e. The molecule has 0 unspecified atom stereocenters. The van der Waals surface area contributed by atoms with Crippen LogP contribution in [0.25, 0.3) is 0 Å². The zero-order valence-corrected chi connectivity index (χ0v) is 10.3. The van der Waals surface area contributed by atoms with Gasteiger partial charge in [0.1, 0.15) is 0 Å². The number of hydrogen-bond donors (Lipinski definition) is 2. The van der Waals surface area contributed by atoms with Gasteiger partial charge in [-0.05, 0) is 25.0 Å². The van der Waals surface area contributed by atoms with Crippen LogP contribution in [0.15, 0.2) is 30.5 Å². The highest BCUT2D eigenvalue weighted by molar-refractivity contribution is 5.85. The number of nitrogens with zero attached hydrogens (tertiary/aromatic N) is 2. The van der Waals surface area contributed by atoms with Crippen LogP contribution in [-0.4, -0.2) is 27.2 Å². The molecule has 1 aliphatic carbocycles. The van der Waals surface area contributed by atoms with Gasteiger partial charge in [0.25, 0.3) is 0 Å². The second-order valence-electron chi connectivity index (χ2n) is 4.43. The first-order chi connectivity index (χ1) is 9.18. The zero-order chi connectivity index (χ0) is 13.7. The molecule has 0 saturated carbocycles. The minimum Gasteiger partial charge on any atom is -0.481 e. The van der Waals surface area contributed by atoms with Crippen molar-refractivity contribution in [2.45, 2.75) is 19.4 Å². The molecule has 2 N–H and O–H groups in total. The van der Waals surface area contributed by atoms with E-state index >= 15 is 0 Å². The van der Waals surface area contributed by atoms with Gasteiger partial charge >= 0.3 is 5.97 Å². The van der Waals surface area contributed by atoms with Gasteiger partial charge in [-0.15, -0.1) is 0 Å².